The van der Waals surface area contributed by atoms with Gasteiger partial charge >= 0.3 is 0 Å². The molecule has 0 saturated carbocycles. The SMILES string of the molecule is Nn1nccc1C1(N2CCCCC2)C=CN=N1. The molecule has 17 heavy (non-hydrogen) atoms. The monoisotopic (exact) mass is 232 g/mol. The van der Waals surface area contributed by atoms with Crippen LogP contribution in [0.1, 0.15) is 25.0 Å². The zero-order valence-electron chi connectivity index (χ0n) is 9.66. The van der Waals surface area contributed by atoms with Crippen LogP contribution in [0.5, 0.6) is 0 Å². The number of azo groups is 1. The lowest BCUT2D eigenvalue weighted by Crippen LogP contribution is -2.47. The zero-order valence-corrected chi connectivity index (χ0v) is 9.66. The number of hydrogen-bond acceptors (Lipinski definition) is 5. The van der Waals surface area contributed by atoms with Crippen LogP contribution in [0.25, 0.3) is 0 Å². The van der Waals surface area contributed by atoms with E-state index in [9.17, 15) is 0 Å². The van der Waals surface area contributed by atoms with Crippen LogP contribution in [0, 0.1) is 0 Å². The van der Waals surface area contributed by atoms with Crippen LogP contribution < -0.4 is 5.84 Å². The summed E-state index contributed by atoms with van der Waals surface area (Å²) in [6.45, 7) is 2.04. The molecule has 1 unspecified atom stereocenters. The maximum atomic E-state index is 5.86. The average Bonchev–Trinajstić information content (AvgIpc) is 2.99. The molecule has 3 heterocycles. The van der Waals surface area contributed by atoms with Crippen molar-refractivity contribution >= 4 is 0 Å². The van der Waals surface area contributed by atoms with Crippen molar-refractivity contribution in [1.29, 1.82) is 0 Å². The van der Waals surface area contributed by atoms with Crippen molar-refractivity contribution in [3.63, 3.8) is 0 Å². The van der Waals surface area contributed by atoms with Crippen LogP contribution in [-0.2, 0) is 5.66 Å². The number of nitrogen functional groups attached to an aromatic ring is 1. The van der Waals surface area contributed by atoms with Gasteiger partial charge in [0.2, 0.25) is 0 Å². The minimum Gasteiger partial charge on any atom is -0.323 e. The number of hydrogen-bond donors (Lipinski definition) is 1. The Hall–Kier alpha value is -1.69. The van der Waals surface area contributed by atoms with E-state index in [1.165, 1.54) is 24.1 Å². The van der Waals surface area contributed by atoms with Crippen molar-refractivity contribution < 1.29 is 0 Å². The molecule has 0 aromatic carbocycles. The van der Waals surface area contributed by atoms with Gasteiger partial charge in [0.25, 0.3) is 0 Å². The van der Waals surface area contributed by atoms with E-state index in [1.807, 2.05) is 12.1 Å². The Bertz CT molecular complexity index is 442. The predicted octanol–water partition coefficient (Wildman–Crippen LogP) is 1.22. The second kappa shape index (κ2) is 3.96. The van der Waals surface area contributed by atoms with Gasteiger partial charge in [0.15, 0.2) is 5.66 Å². The van der Waals surface area contributed by atoms with Gasteiger partial charge in [-0.2, -0.15) is 20.1 Å². The minimum absolute atomic E-state index is 0.536. The number of nitrogens with two attached hydrogens (primary N) is 1. The first kappa shape index (κ1) is 10.5. The molecule has 1 fully saturated rings. The fourth-order valence-electron chi connectivity index (χ4n) is 2.60. The van der Waals surface area contributed by atoms with Gasteiger partial charge in [0.1, 0.15) is 5.69 Å². The van der Waals surface area contributed by atoms with Crippen molar-refractivity contribution in [2.45, 2.75) is 24.9 Å². The van der Waals surface area contributed by atoms with Gasteiger partial charge in [-0.1, -0.05) is 6.42 Å². The van der Waals surface area contributed by atoms with Gasteiger partial charge in [-0.25, -0.2) is 0 Å². The summed E-state index contributed by atoms with van der Waals surface area (Å²) >= 11 is 0. The maximum Gasteiger partial charge on any atom is 0.199 e. The van der Waals surface area contributed by atoms with Crippen molar-refractivity contribution in [1.82, 2.24) is 14.8 Å². The molecule has 1 atom stereocenters. The van der Waals surface area contributed by atoms with Gasteiger partial charge in [0.05, 0.1) is 6.20 Å². The summed E-state index contributed by atoms with van der Waals surface area (Å²) in [7, 11) is 0. The van der Waals surface area contributed by atoms with Gasteiger partial charge < -0.3 is 5.84 Å². The number of piperidine rings is 1. The predicted molar refractivity (Wildman–Crippen MR) is 63.5 cm³/mol. The highest BCUT2D eigenvalue weighted by Crippen LogP contribution is 2.36. The molecular formula is C11H16N6. The number of rotatable bonds is 2. The highest BCUT2D eigenvalue weighted by molar-refractivity contribution is 5.25. The Morgan fingerprint density at radius 3 is 2.65 bits per heavy atom. The molecule has 0 aliphatic carbocycles. The first-order chi connectivity index (χ1) is 8.33. The molecule has 2 aliphatic heterocycles. The summed E-state index contributed by atoms with van der Waals surface area (Å²) in [6.07, 6.45) is 9.12. The van der Waals surface area contributed by atoms with Gasteiger partial charge in [-0.15, -0.1) is 0 Å². The highest BCUT2D eigenvalue weighted by atomic mass is 15.5. The number of aromatic nitrogens is 2. The van der Waals surface area contributed by atoms with Crippen LogP contribution in [-0.4, -0.2) is 27.9 Å². The molecule has 6 heteroatoms. The van der Waals surface area contributed by atoms with E-state index < -0.39 is 5.66 Å². The summed E-state index contributed by atoms with van der Waals surface area (Å²) in [5.74, 6) is 5.86. The smallest absolute Gasteiger partial charge is 0.199 e. The summed E-state index contributed by atoms with van der Waals surface area (Å²) in [4.78, 5) is 3.72. The molecular weight excluding hydrogens is 216 g/mol. The Morgan fingerprint density at radius 1 is 1.24 bits per heavy atom. The van der Waals surface area contributed by atoms with E-state index in [0.717, 1.165) is 18.8 Å². The van der Waals surface area contributed by atoms with E-state index in [-0.39, 0.29) is 0 Å². The fourth-order valence-corrected chi connectivity index (χ4v) is 2.60. The third-order valence-electron chi connectivity index (χ3n) is 3.47. The first-order valence-electron chi connectivity index (χ1n) is 5.97. The number of nitrogens with zero attached hydrogens (tertiary/aromatic N) is 5. The highest BCUT2D eigenvalue weighted by Gasteiger charge is 2.41. The molecule has 0 amide bonds. The Morgan fingerprint density at radius 2 is 2.06 bits per heavy atom. The lowest BCUT2D eigenvalue weighted by Gasteiger charge is -2.38. The molecule has 1 aromatic heterocycles. The largest absolute Gasteiger partial charge is 0.323 e. The van der Waals surface area contributed by atoms with Crippen molar-refractivity contribution in [3.05, 3.63) is 30.2 Å². The molecule has 2 N–H and O–H groups in total. The van der Waals surface area contributed by atoms with Crippen LogP contribution in [0.3, 0.4) is 0 Å². The second-order valence-electron chi connectivity index (χ2n) is 4.47. The van der Waals surface area contributed by atoms with E-state index in [2.05, 4.69) is 20.2 Å². The van der Waals surface area contributed by atoms with Crippen LogP contribution >= 0.6 is 0 Å². The summed E-state index contributed by atoms with van der Waals surface area (Å²) in [6, 6.07) is 1.91. The maximum absolute atomic E-state index is 5.86. The third-order valence-corrected chi connectivity index (χ3v) is 3.47. The second-order valence-corrected chi connectivity index (χ2v) is 4.47. The summed E-state index contributed by atoms with van der Waals surface area (Å²) in [5.41, 5.74) is 0.336. The van der Waals surface area contributed by atoms with E-state index >= 15 is 0 Å². The molecule has 6 nitrogen and oxygen atoms in total. The minimum atomic E-state index is -0.536. The topological polar surface area (TPSA) is 71.8 Å². The summed E-state index contributed by atoms with van der Waals surface area (Å²) in [5, 5.41) is 12.4. The normalized spacial score (nSPS) is 28.9. The van der Waals surface area contributed by atoms with E-state index in [4.69, 9.17) is 5.84 Å². The molecule has 0 radical (unpaired) electrons. The third kappa shape index (κ3) is 1.56. The lowest BCUT2D eigenvalue weighted by atomic mass is 10.0. The Kier molecular flexibility index (Phi) is 2.44. The Labute approximate surface area is 99.8 Å². The molecule has 1 aromatic rings. The van der Waals surface area contributed by atoms with Gasteiger partial charge in [0, 0.05) is 19.3 Å². The molecule has 0 bridgehead atoms. The Balaban J connectivity index is 2.01. The number of likely N-dealkylation sites (tertiary alicyclic amines) is 1. The lowest BCUT2D eigenvalue weighted by molar-refractivity contribution is 0.102. The molecule has 0 spiro atoms. The first-order valence-corrected chi connectivity index (χ1v) is 5.97. The van der Waals surface area contributed by atoms with Crippen LogP contribution in [0.15, 0.2) is 34.8 Å². The van der Waals surface area contributed by atoms with E-state index in [0.29, 0.717) is 0 Å². The molecule has 90 valence electrons. The van der Waals surface area contributed by atoms with Gasteiger partial charge in [-0.3, -0.25) is 4.90 Å². The average molecular weight is 232 g/mol. The zero-order chi connectivity index (χ0) is 11.7. The van der Waals surface area contributed by atoms with Gasteiger partial charge in [-0.05, 0) is 25.0 Å². The van der Waals surface area contributed by atoms with Crippen molar-refractivity contribution in [3.8, 4) is 0 Å². The van der Waals surface area contributed by atoms with Crippen molar-refractivity contribution in [2.24, 2.45) is 10.2 Å². The van der Waals surface area contributed by atoms with Crippen LogP contribution in [0.2, 0.25) is 0 Å². The van der Waals surface area contributed by atoms with Crippen LogP contribution in [0.4, 0.5) is 0 Å². The standard InChI is InChI=1S/C11H16N6/c12-17-10(4-6-14-17)11(5-7-13-15-11)16-8-2-1-3-9-16/h4-7H,1-3,8-9,12H2. The van der Waals surface area contributed by atoms with E-state index in [1.54, 1.807) is 12.4 Å². The fraction of sp³-hybridized carbons (Fsp3) is 0.545. The molecule has 3 rings (SSSR count). The van der Waals surface area contributed by atoms with Crippen molar-refractivity contribution in [2.75, 3.05) is 18.9 Å². The quantitative estimate of drug-likeness (QED) is 0.779. The molecule has 1 saturated heterocycles. The molecule has 2 aliphatic rings. The summed E-state index contributed by atoms with van der Waals surface area (Å²) < 4.78 is 0.